The molecule has 2 aromatic carbocycles. The van der Waals surface area contributed by atoms with Gasteiger partial charge in [-0.1, -0.05) is 12.1 Å². The Morgan fingerprint density at radius 3 is 2.36 bits per heavy atom. The zero-order valence-corrected chi connectivity index (χ0v) is 16.3. The van der Waals surface area contributed by atoms with Crippen molar-refractivity contribution in [2.75, 3.05) is 29.9 Å². The van der Waals surface area contributed by atoms with E-state index in [1.54, 1.807) is 0 Å². The van der Waals surface area contributed by atoms with Crippen LogP contribution in [0.1, 0.15) is 25.7 Å². The monoisotopic (exact) mass is 405 g/mol. The molecule has 0 aromatic heterocycles. The maximum absolute atomic E-state index is 13.6. The molecule has 0 unspecified atom stereocenters. The molecule has 1 aliphatic rings. The van der Waals surface area contributed by atoms with Crippen molar-refractivity contribution < 1.29 is 17.6 Å². The van der Waals surface area contributed by atoms with Gasteiger partial charge < -0.3 is 10.2 Å². The Hall–Kier alpha value is -2.45. The van der Waals surface area contributed by atoms with E-state index < -0.39 is 20.7 Å². The van der Waals surface area contributed by atoms with Crippen LogP contribution in [0.25, 0.3) is 0 Å². The molecule has 0 bridgehead atoms. The predicted octanol–water partition coefficient (Wildman–Crippen LogP) is 3.12. The molecule has 0 aliphatic carbocycles. The molecule has 8 heteroatoms. The molecule has 2 N–H and O–H groups in total. The average Bonchev–Trinajstić information content (AvgIpc) is 2.69. The number of halogens is 1. The Morgan fingerprint density at radius 1 is 1.00 bits per heavy atom. The summed E-state index contributed by atoms with van der Waals surface area (Å²) in [6, 6.07) is 12.7. The summed E-state index contributed by atoms with van der Waals surface area (Å²) < 4.78 is 40.1. The summed E-state index contributed by atoms with van der Waals surface area (Å²) in [5.74, 6) is -1.14. The van der Waals surface area contributed by atoms with Crippen LogP contribution < -0.4 is 14.9 Å². The first-order valence-corrected chi connectivity index (χ1v) is 10.8. The number of rotatable bonds is 7. The van der Waals surface area contributed by atoms with Crippen LogP contribution in [0.2, 0.25) is 0 Å². The van der Waals surface area contributed by atoms with Crippen LogP contribution in [-0.2, 0) is 14.8 Å². The van der Waals surface area contributed by atoms with Crippen molar-refractivity contribution in [3.8, 4) is 0 Å². The number of hydrogen-bond acceptors (Lipinski definition) is 4. The highest BCUT2D eigenvalue weighted by molar-refractivity contribution is 7.89. The van der Waals surface area contributed by atoms with Gasteiger partial charge in [0.15, 0.2) is 0 Å². The van der Waals surface area contributed by atoms with E-state index in [4.69, 9.17) is 0 Å². The minimum Gasteiger partial charge on any atom is -0.372 e. The second-order valence-electron chi connectivity index (χ2n) is 6.72. The summed E-state index contributed by atoms with van der Waals surface area (Å²) >= 11 is 0. The standard InChI is InChI=1S/C20H24FN3O3S/c21-18-6-2-3-7-19(18)28(26,27)22-13-12-20(25)23-16-8-10-17(11-9-16)24-14-4-1-5-15-24/h2-3,6-11,22H,1,4-5,12-15H2,(H,23,25). The third-order valence-electron chi connectivity index (χ3n) is 4.64. The van der Waals surface area contributed by atoms with E-state index in [1.807, 2.05) is 24.3 Å². The molecule has 150 valence electrons. The van der Waals surface area contributed by atoms with Crippen LogP contribution >= 0.6 is 0 Å². The lowest BCUT2D eigenvalue weighted by Gasteiger charge is -2.28. The van der Waals surface area contributed by atoms with Crippen molar-refractivity contribution in [3.63, 3.8) is 0 Å². The number of nitrogens with one attached hydrogen (secondary N) is 2. The quantitative estimate of drug-likeness (QED) is 0.742. The number of hydrogen-bond donors (Lipinski definition) is 2. The molecular weight excluding hydrogens is 381 g/mol. The number of sulfonamides is 1. The lowest BCUT2D eigenvalue weighted by atomic mass is 10.1. The highest BCUT2D eigenvalue weighted by Gasteiger charge is 2.18. The molecule has 3 rings (SSSR count). The highest BCUT2D eigenvalue weighted by atomic mass is 32.2. The topological polar surface area (TPSA) is 78.5 Å². The van der Waals surface area contributed by atoms with E-state index in [9.17, 15) is 17.6 Å². The summed E-state index contributed by atoms with van der Waals surface area (Å²) in [6.45, 7) is 1.98. The van der Waals surface area contributed by atoms with Crippen molar-refractivity contribution in [2.45, 2.75) is 30.6 Å². The van der Waals surface area contributed by atoms with E-state index in [2.05, 4.69) is 14.9 Å². The van der Waals surface area contributed by atoms with Gasteiger partial charge in [0.1, 0.15) is 10.7 Å². The zero-order valence-electron chi connectivity index (χ0n) is 15.5. The molecule has 28 heavy (non-hydrogen) atoms. The third-order valence-corrected chi connectivity index (χ3v) is 6.14. The van der Waals surface area contributed by atoms with Gasteiger partial charge in [0, 0.05) is 37.4 Å². The highest BCUT2D eigenvalue weighted by Crippen LogP contribution is 2.21. The fourth-order valence-corrected chi connectivity index (χ4v) is 4.28. The first-order valence-electron chi connectivity index (χ1n) is 9.35. The second-order valence-corrected chi connectivity index (χ2v) is 8.46. The van der Waals surface area contributed by atoms with E-state index in [-0.39, 0.29) is 18.9 Å². The van der Waals surface area contributed by atoms with Gasteiger partial charge in [0.2, 0.25) is 15.9 Å². The van der Waals surface area contributed by atoms with Crippen molar-refractivity contribution in [2.24, 2.45) is 0 Å². The van der Waals surface area contributed by atoms with E-state index >= 15 is 0 Å². The minimum absolute atomic E-state index is 0.0540. The number of piperidine rings is 1. The van der Waals surface area contributed by atoms with Crippen LogP contribution in [0, 0.1) is 5.82 Å². The average molecular weight is 405 g/mol. The van der Waals surface area contributed by atoms with Crippen LogP contribution in [0.15, 0.2) is 53.4 Å². The van der Waals surface area contributed by atoms with Crippen molar-refractivity contribution in [3.05, 3.63) is 54.3 Å². The maximum atomic E-state index is 13.6. The zero-order chi connectivity index (χ0) is 20.0. The maximum Gasteiger partial charge on any atom is 0.243 e. The molecule has 0 radical (unpaired) electrons. The van der Waals surface area contributed by atoms with Gasteiger partial charge in [-0.25, -0.2) is 17.5 Å². The van der Waals surface area contributed by atoms with Crippen molar-refractivity contribution in [1.29, 1.82) is 0 Å². The van der Waals surface area contributed by atoms with Crippen LogP contribution in [0.5, 0.6) is 0 Å². The summed E-state index contributed by atoms with van der Waals surface area (Å²) in [5, 5.41) is 2.74. The van der Waals surface area contributed by atoms with Gasteiger partial charge in [0.05, 0.1) is 0 Å². The number of nitrogens with zero attached hydrogens (tertiary/aromatic N) is 1. The smallest absolute Gasteiger partial charge is 0.243 e. The molecule has 1 amide bonds. The summed E-state index contributed by atoms with van der Waals surface area (Å²) in [7, 11) is -3.99. The second kappa shape index (κ2) is 9.16. The normalized spacial score (nSPS) is 14.7. The van der Waals surface area contributed by atoms with Gasteiger partial charge in [-0.15, -0.1) is 0 Å². The number of amides is 1. The van der Waals surface area contributed by atoms with Crippen LogP contribution in [0.4, 0.5) is 15.8 Å². The van der Waals surface area contributed by atoms with Gasteiger partial charge in [-0.3, -0.25) is 4.79 Å². The van der Waals surface area contributed by atoms with Crippen LogP contribution in [-0.4, -0.2) is 34.0 Å². The van der Waals surface area contributed by atoms with E-state index in [0.717, 1.165) is 24.8 Å². The molecule has 1 fully saturated rings. The minimum atomic E-state index is -3.99. The molecule has 0 saturated carbocycles. The van der Waals surface area contributed by atoms with Crippen LogP contribution in [0.3, 0.4) is 0 Å². The van der Waals surface area contributed by atoms with Crippen molar-refractivity contribution >= 4 is 27.3 Å². The van der Waals surface area contributed by atoms with Gasteiger partial charge >= 0.3 is 0 Å². The third kappa shape index (κ3) is 5.30. The lowest BCUT2D eigenvalue weighted by Crippen LogP contribution is -2.29. The number of carbonyl (C=O) groups is 1. The Bertz CT molecular complexity index is 911. The Labute approximate surface area is 164 Å². The molecule has 2 aromatic rings. The largest absolute Gasteiger partial charge is 0.372 e. The number of carbonyl (C=O) groups excluding carboxylic acids is 1. The predicted molar refractivity (Wildman–Crippen MR) is 107 cm³/mol. The number of anilines is 2. The molecule has 0 spiro atoms. The molecule has 6 nitrogen and oxygen atoms in total. The van der Waals surface area contributed by atoms with Gasteiger partial charge in [-0.05, 0) is 55.7 Å². The number of benzene rings is 2. The summed E-state index contributed by atoms with van der Waals surface area (Å²) in [6.07, 6.45) is 3.61. The first kappa shape index (κ1) is 20.3. The summed E-state index contributed by atoms with van der Waals surface area (Å²) in [5.41, 5.74) is 1.79. The Balaban J connectivity index is 1.48. The SMILES string of the molecule is O=C(CCNS(=O)(=O)c1ccccc1F)Nc1ccc(N2CCCCC2)cc1. The molecule has 1 saturated heterocycles. The molecule has 1 aliphatic heterocycles. The molecule has 1 heterocycles. The summed E-state index contributed by atoms with van der Waals surface area (Å²) in [4.78, 5) is 14.0. The fraction of sp³-hybridized carbons (Fsp3) is 0.350. The first-order chi connectivity index (χ1) is 13.5. The molecule has 0 atom stereocenters. The Kier molecular flexibility index (Phi) is 6.64. The Morgan fingerprint density at radius 2 is 1.68 bits per heavy atom. The fourth-order valence-electron chi connectivity index (χ4n) is 3.17. The van der Waals surface area contributed by atoms with E-state index in [1.165, 1.54) is 37.5 Å². The van der Waals surface area contributed by atoms with E-state index in [0.29, 0.717) is 5.69 Å². The molecular formula is C20H24FN3O3S. The van der Waals surface area contributed by atoms with Gasteiger partial charge in [-0.2, -0.15) is 0 Å². The van der Waals surface area contributed by atoms with Gasteiger partial charge in [0.25, 0.3) is 0 Å². The lowest BCUT2D eigenvalue weighted by molar-refractivity contribution is -0.116. The van der Waals surface area contributed by atoms with Crippen molar-refractivity contribution in [1.82, 2.24) is 4.72 Å².